The number of hydrogen-bond donors (Lipinski definition) is 0. The maximum Gasteiger partial charge on any atom is 0.224 e. The number of ether oxygens (including phenoxy) is 2. The van der Waals surface area contributed by atoms with Crippen molar-refractivity contribution in [2.75, 3.05) is 38.4 Å². The first-order valence-electron chi connectivity index (χ1n) is 11.7. The number of benzene rings is 1. The van der Waals surface area contributed by atoms with Gasteiger partial charge in [0.05, 0.1) is 28.4 Å². The second-order valence-electron chi connectivity index (χ2n) is 9.62. The Morgan fingerprint density at radius 2 is 1.94 bits per heavy atom. The zero-order valence-corrected chi connectivity index (χ0v) is 21.9. The summed E-state index contributed by atoms with van der Waals surface area (Å²) >= 11 is 10.2. The van der Waals surface area contributed by atoms with Crippen LogP contribution in [0.3, 0.4) is 0 Å². The number of piperazine rings is 1. The molecule has 5 atom stereocenters. The van der Waals surface area contributed by atoms with Gasteiger partial charge in [-0.25, -0.2) is 4.98 Å². The number of rotatable bonds is 6. The second kappa shape index (κ2) is 9.38. The van der Waals surface area contributed by atoms with E-state index < -0.39 is 0 Å². The van der Waals surface area contributed by atoms with Crippen LogP contribution in [0.25, 0.3) is 17.0 Å². The van der Waals surface area contributed by atoms with Gasteiger partial charge in [-0.3, -0.25) is 9.89 Å². The van der Waals surface area contributed by atoms with Gasteiger partial charge in [-0.15, -0.1) is 0 Å². The lowest BCUT2D eigenvalue weighted by Gasteiger charge is -2.42. The van der Waals surface area contributed by atoms with Crippen molar-refractivity contribution in [1.82, 2.24) is 14.9 Å². The molecule has 178 valence electrons. The minimum atomic E-state index is 0.134. The van der Waals surface area contributed by atoms with E-state index >= 15 is 0 Å². The predicted molar refractivity (Wildman–Crippen MR) is 134 cm³/mol. The SMILES string of the molecule is COCOC(C)CN1CC2CCC(C1)N2c1nc(Cl)nc2cc(Br)c3c(c12)=CC(C)C(C)N=3. The Labute approximate surface area is 207 Å². The van der Waals surface area contributed by atoms with Crippen LogP contribution in [0.4, 0.5) is 5.82 Å². The molecule has 7 nitrogen and oxygen atoms in total. The number of anilines is 1. The zero-order valence-electron chi connectivity index (χ0n) is 19.6. The van der Waals surface area contributed by atoms with E-state index in [2.05, 4.69) is 57.6 Å². The number of halogens is 2. The first-order chi connectivity index (χ1) is 15.9. The molecule has 3 aliphatic rings. The van der Waals surface area contributed by atoms with Gasteiger partial charge in [-0.1, -0.05) is 13.0 Å². The third-order valence-electron chi connectivity index (χ3n) is 7.22. The molecule has 1 aromatic heterocycles. The Kier molecular flexibility index (Phi) is 6.66. The first-order valence-corrected chi connectivity index (χ1v) is 12.9. The number of aromatic nitrogens is 2. The van der Waals surface area contributed by atoms with Gasteiger partial charge < -0.3 is 14.4 Å². The highest BCUT2D eigenvalue weighted by Crippen LogP contribution is 2.37. The standard InChI is InChI=1S/C24H31BrClN5O2/c1-13-7-18-21-20(8-19(25)22(18)27-15(13)3)28-24(26)29-23(21)31-16-5-6-17(31)11-30(10-16)9-14(2)33-12-32-4/h7-8,13-17H,5-6,9-12H2,1-4H3. The lowest BCUT2D eigenvalue weighted by atomic mass is 9.97. The van der Waals surface area contributed by atoms with Crippen LogP contribution in [0.1, 0.15) is 33.6 Å². The average molecular weight is 537 g/mol. The highest BCUT2D eigenvalue weighted by Gasteiger charge is 2.42. The van der Waals surface area contributed by atoms with Crippen molar-refractivity contribution in [3.8, 4) is 0 Å². The summed E-state index contributed by atoms with van der Waals surface area (Å²) in [6.07, 6.45) is 4.76. The molecule has 3 aliphatic heterocycles. The van der Waals surface area contributed by atoms with Crippen molar-refractivity contribution in [2.24, 2.45) is 10.9 Å². The van der Waals surface area contributed by atoms with Crippen molar-refractivity contribution in [1.29, 1.82) is 0 Å². The Bertz CT molecular complexity index is 1160. The van der Waals surface area contributed by atoms with Gasteiger partial charge in [0.25, 0.3) is 0 Å². The molecule has 1 aromatic carbocycles. The van der Waals surface area contributed by atoms with Crippen LogP contribution in [0, 0.1) is 5.92 Å². The van der Waals surface area contributed by atoms with Gasteiger partial charge in [-0.2, -0.15) is 4.98 Å². The fourth-order valence-electron chi connectivity index (χ4n) is 5.53. The van der Waals surface area contributed by atoms with Gasteiger partial charge in [0.15, 0.2) is 0 Å². The summed E-state index contributed by atoms with van der Waals surface area (Å²) in [7, 11) is 1.66. The van der Waals surface area contributed by atoms with E-state index in [1.54, 1.807) is 7.11 Å². The van der Waals surface area contributed by atoms with E-state index in [0.717, 1.165) is 64.2 Å². The third kappa shape index (κ3) is 4.41. The normalized spacial score (nSPS) is 27.9. The molecule has 2 bridgehead atoms. The minimum Gasteiger partial charge on any atom is -0.359 e. The first kappa shape index (κ1) is 23.4. The number of methoxy groups -OCH3 is 1. The van der Waals surface area contributed by atoms with Gasteiger partial charge in [-0.05, 0) is 66.2 Å². The highest BCUT2D eigenvalue weighted by atomic mass is 79.9. The average Bonchev–Trinajstić information content (AvgIpc) is 3.03. The van der Waals surface area contributed by atoms with Crippen molar-refractivity contribution in [3.05, 3.63) is 26.4 Å². The van der Waals surface area contributed by atoms with E-state index in [4.69, 9.17) is 31.1 Å². The fourth-order valence-corrected chi connectivity index (χ4v) is 6.23. The Morgan fingerprint density at radius 1 is 1.21 bits per heavy atom. The van der Waals surface area contributed by atoms with Crippen molar-refractivity contribution >= 4 is 50.3 Å². The van der Waals surface area contributed by atoms with Gasteiger partial charge in [0.1, 0.15) is 12.6 Å². The molecule has 4 heterocycles. The van der Waals surface area contributed by atoms with Crippen molar-refractivity contribution in [2.45, 2.75) is 57.8 Å². The van der Waals surface area contributed by atoms with Gasteiger partial charge in [0.2, 0.25) is 5.28 Å². The maximum absolute atomic E-state index is 6.46. The molecule has 33 heavy (non-hydrogen) atoms. The van der Waals surface area contributed by atoms with Gasteiger partial charge in [0, 0.05) is 48.5 Å². The molecule has 9 heteroatoms. The number of likely N-dealkylation sites (tertiary alicyclic amines) is 1. The van der Waals surface area contributed by atoms with Crippen LogP contribution in [-0.2, 0) is 9.47 Å². The number of nitrogens with zero attached hydrogens (tertiary/aromatic N) is 5. The molecule has 2 fully saturated rings. The summed E-state index contributed by atoms with van der Waals surface area (Å²) in [5.41, 5.74) is 0.868. The lowest BCUT2D eigenvalue weighted by molar-refractivity contribution is -0.0747. The van der Waals surface area contributed by atoms with Gasteiger partial charge >= 0.3 is 0 Å². The number of fused-ring (bicyclic) bond motifs is 5. The number of hydrogen-bond acceptors (Lipinski definition) is 7. The van der Waals surface area contributed by atoms with Crippen LogP contribution in [-0.4, -0.2) is 72.6 Å². The Morgan fingerprint density at radius 3 is 2.64 bits per heavy atom. The molecule has 0 saturated carbocycles. The maximum atomic E-state index is 6.46. The van der Waals surface area contributed by atoms with E-state index in [-0.39, 0.29) is 12.1 Å². The van der Waals surface area contributed by atoms with Crippen molar-refractivity contribution in [3.63, 3.8) is 0 Å². The molecule has 0 aliphatic carbocycles. The molecule has 0 spiro atoms. The second-order valence-corrected chi connectivity index (χ2v) is 10.8. The van der Waals surface area contributed by atoms with E-state index in [1.807, 2.05) is 6.07 Å². The van der Waals surface area contributed by atoms with Crippen molar-refractivity contribution < 1.29 is 9.47 Å². The molecule has 0 amide bonds. The quantitative estimate of drug-likeness (QED) is 0.418. The lowest BCUT2D eigenvalue weighted by Crippen LogP contribution is -2.55. The molecule has 5 rings (SSSR count). The molecular formula is C24H31BrClN5O2. The largest absolute Gasteiger partial charge is 0.359 e. The van der Waals surface area contributed by atoms with Crippen LogP contribution in [0.15, 0.2) is 15.5 Å². The van der Waals surface area contributed by atoms with E-state index in [1.165, 1.54) is 0 Å². The third-order valence-corrected chi connectivity index (χ3v) is 7.99. The molecule has 0 radical (unpaired) electrons. The highest BCUT2D eigenvalue weighted by molar-refractivity contribution is 9.10. The summed E-state index contributed by atoms with van der Waals surface area (Å²) in [6.45, 7) is 9.70. The smallest absolute Gasteiger partial charge is 0.224 e. The summed E-state index contributed by atoms with van der Waals surface area (Å²) in [5, 5.41) is 3.49. The molecule has 5 unspecified atom stereocenters. The minimum absolute atomic E-state index is 0.134. The molecule has 2 aromatic rings. The topological polar surface area (TPSA) is 63.1 Å². The van der Waals surface area contributed by atoms with Crippen LogP contribution in [0.5, 0.6) is 0 Å². The summed E-state index contributed by atoms with van der Waals surface area (Å²) in [4.78, 5) is 19.4. The van der Waals surface area contributed by atoms with E-state index in [9.17, 15) is 0 Å². The summed E-state index contributed by atoms with van der Waals surface area (Å²) in [6, 6.07) is 3.07. The van der Waals surface area contributed by atoms with Crippen LogP contribution < -0.4 is 15.5 Å². The zero-order chi connectivity index (χ0) is 23.3. The summed E-state index contributed by atoms with van der Waals surface area (Å²) < 4.78 is 11.7. The Balaban J connectivity index is 1.55. The Hall–Kier alpha value is -1.32. The monoisotopic (exact) mass is 535 g/mol. The molecule has 0 N–H and O–H groups in total. The predicted octanol–water partition coefficient (Wildman–Crippen LogP) is 3.15. The molecular weight excluding hydrogens is 506 g/mol. The summed E-state index contributed by atoms with van der Waals surface area (Å²) in [5.74, 6) is 1.30. The van der Waals surface area contributed by atoms with E-state index in [0.29, 0.717) is 30.1 Å². The van der Waals surface area contributed by atoms with Crippen LogP contribution in [0.2, 0.25) is 5.28 Å². The molecule has 2 saturated heterocycles. The fraction of sp³-hybridized carbons (Fsp3) is 0.625. The van der Waals surface area contributed by atoms with Crippen LogP contribution >= 0.6 is 27.5 Å².